The molecule has 3 rings (SSSR count). The van der Waals surface area contributed by atoms with Gasteiger partial charge >= 0.3 is 0 Å². The third kappa shape index (κ3) is 6.56. The highest BCUT2D eigenvalue weighted by atomic mass is 16.5. The van der Waals surface area contributed by atoms with E-state index in [2.05, 4.69) is 37.3 Å². The number of benzene rings is 2. The highest BCUT2D eigenvalue weighted by Gasteiger charge is 2.22. The van der Waals surface area contributed by atoms with Crippen molar-refractivity contribution in [1.82, 2.24) is 0 Å². The molecule has 1 fully saturated rings. The maximum atomic E-state index is 6.04. The Labute approximate surface area is 163 Å². The van der Waals surface area contributed by atoms with Crippen molar-refractivity contribution in [2.75, 3.05) is 45.9 Å². The van der Waals surface area contributed by atoms with Gasteiger partial charge in [0.2, 0.25) is 0 Å². The first-order valence-corrected chi connectivity index (χ1v) is 10.4. The summed E-state index contributed by atoms with van der Waals surface area (Å²) < 4.78 is 11.9. The molecule has 1 aliphatic rings. The molecule has 1 heterocycles. The van der Waals surface area contributed by atoms with Crippen LogP contribution in [0.3, 0.4) is 0 Å². The van der Waals surface area contributed by atoms with Gasteiger partial charge in [-0.2, -0.15) is 0 Å². The summed E-state index contributed by atoms with van der Waals surface area (Å²) in [5, 5.41) is 0. The number of piperazine rings is 1. The summed E-state index contributed by atoms with van der Waals surface area (Å²) in [5.41, 5.74) is 1.44. The smallest absolute Gasteiger partial charge is 0.161 e. The summed E-state index contributed by atoms with van der Waals surface area (Å²) in [5.74, 6) is 1.75. The van der Waals surface area contributed by atoms with E-state index in [1.807, 2.05) is 24.3 Å². The number of rotatable bonds is 10. The molecule has 2 N–H and O–H groups in total. The second-order valence-electron chi connectivity index (χ2n) is 7.41. The van der Waals surface area contributed by atoms with Crippen LogP contribution in [-0.2, 0) is 6.54 Å². The van der Waals surface area contributed by atoms with E-state index < -0.39 is 0 Å². The van der Waals surface area contributed by atoms with Gasteiger partial charge in [0.1, 0.15) is 45.9 Å². The molecule has 4 heteroatoms. The Morgan fingerprint density at radius 3 is 2.00 bits per heavy atom. The molecule has 4 nitrogen and oxygen atoms in total. The van der Waals surface area contributed by atoms with E-state index in [1.54, 1.807) is 9.80 Å². The van der Waals surface area contributed by atoms with E-state index in [4.69, 9.17) is 9.47 Å². The molecule has 0 aromatic heterocycles. The number of quaternary nitrogens is 2. The van der Waals surface area contributed by atoms with Gasteiger partial charge in [-0.15, -0.1) is 0 Å². The fourth-order valence-corrected chi connectivity index (χ4v) is 3.59. The van der Waals surface area contributed by atoms with Crippen LogP contribution >= 0.6 is 0 Å². The van der Waals surface area contributed by atoms with Crippen LogP contribution in [0.1, 0.15) is 25.3 Å². The maximum Gasteiger partial charge on any atom is 0.161 e. The van der Waals surface area contributed by atoms with E-state index in [-0.39, 0.29) is 0 Å². The minimum absolute atomic E-state index is 0.748. The number of nitrogens with one attached hydrogen (secondary N) is 2. The van der Waals surface area contributed by atoms with Crippen molar-refractivity contribution in [1.29, 1.82) is 0 Å². The van der Waals surface area contributed by atoms with Crippen molar-refractivity contribution in [3.05, 3.63) is 60.2 Å². The van der Waals surface area contributed by atoms with Crippen LogP contribution < -0.4 is 19.3 Å². The monoisotopic (exact) mass is 370 g/mol. The van der Waals surface area contributed by atoms with Crippen LogP contribution in [0.4, 0.5) is 0 Å². The van der Waals surface area contributed by atoms with E-state index in [1.165, 1.54) is 31.7 Å². The van der Waals surface area contributed by atoms with Crippen molar-refractivity contribution in [2.45, 2.75) is 26.3 Å². The normalized spacial score (nSPS) is 19.6. The quantitative estimate of drug-likeness (QED) is 0.616. The Balaban J connectivity index is 1.37. The summed E-state index contributed by atoms with van der Waals surface area (Å²) in [6.45, 7) is 10.8. The third-order valence-electron chi connectivity index (χ3n) is 5.28. The van der Waals surface area contributed by atoms with Crippen molar-refractivity contribution < 1.29 is 19.3 Å². The van der Waals surface area contributed by atoms with Crippen LogP contribution in [0, 0.1) is 0 Å². The second-order valence-corrected chi connectivity index (χ2v) is 7.41. The Morgan fingerprint density at radius 1 is 0.741 bits per heavy atom. The minimum Gasteiger partial charge on any atom is -0.490 e. The largest absolute Gasteiger partial charge is 0.490 e. The maximum absolute atomic E-state index is 6.04. The molecular formula is C23H34N2O2+2. The zero-order valence-electron chi connectivity index (χ0n) is 16.6. The Bertz CT molecular complexity index is 654. The molecular weight excluding hydrogens is 336 g/mol. The molecule has 0 aliphatic carbocycles. The van der Waals surface area contributed by atoms with Crippen molar-refractivity contribution in [3.8, 4) is 11.5 Å². The zero-order chi connectivity index (χ0) is 18.7. The van der Waals surface area contributed by atoms with Crippen LogP contribution in [0.25, 0.3) is 0 Å². The lowest BCUT2D eigenvalue weighted by atomic mass is 10.2. The standard InChI is InChI=1S/C23H32N2O2/c1-2-3-18-26-22-11-7-8-12-23(22)27-19-17-24-13-15-25(16-14-24)20-21-9-5-4-6-10-21/h4-12H,2-3,13-20H2,1H3/p+2. The molecule has 0 bridgehead atoms. The second kappa shape index (κ2) is 11.0. The Morgan fingerprint density at radius 2 is 1.33 bits per heavy atom. The fraction of sp³-hybridized carbons (Fsp3) is 0.478. The van der Waals surface area contributed by atoms with Gasteiger partial charge in [0.25, 0.3) is 0 Å². The van der Waals surface area contributed by atoms with E-state index in [0.717, 1.165) is 50.6 Å². The Kier molecular flexibility index (Phi) is 8.00. The van der Waals surface area contributed by atoms with E-state index >= 15 is 0 Å². The molecule has 146 valence electrons. The molecule has 0 spiro atoms. The fourth-order valence-electron chi connectivity index (χ4n) is 3.59. The molecule has 27 heavy (non-hydrogen) atoms. The summed E-state index contributed by atoms with van der Waals surface area (Å²) in [7, 11) is 0. The number of hydrogen-bond acceptors (Lipinski definition) is 2. The molecule has 2 aromatic rings. The zero-order valence-corrected chi connectivity index (χ0v) is 16.6. The van der Waals surface area contributed by atoms with Gasteiger partial charge in [-0.1, -0.05) is 55.8 Å². The van der Waals surface area contributed by atoms with Gasteiger partial charge in [-0.25, -0.2) is 0 Å². The Hall–Kier alpha value is -2.04. The topological polar surface area (TPSA) is 27.3 Å². The average molecular weight is 371 g/mol. The minimum atomic E-state index is 0.748. The van der Waals surface area contributed by atoms with Crippen LogP contribution in [0.15, 0.2) is 54.6 Å². The molecule has 0 saturated carbocycles. The summed E-state index contributed by atoms with van der Waals surface area (Å²) in [4.78, 5) is 3.34. The highest BCUT2D eigenvalue weighted by molar-refractivity contribution is 5.39. The first kappa shape index (κ1) is 19.7. The first-order chi connectivity index (χ1) is 13.3. The third-order valence-corrected chi connectivity index (χ3v) is 5.28. The molecule has 0 amide bonds. The SMILES string of the molecule is CCCCOc1ccccc1OCC[NH+]1CC[NH+](Cc2ccccc2)CC1. The predicted molar refractivity (Wildman–Crippen MR) is 109 cm³/mol. The van der Waals surface area contributed by atoms with Crippen molar-refractivity contribution in [3.63, 3.8) is 0 Å². The lowest BCUT2D eigenvalue weighted by molar-refractivity contribution is -1.02. The molecule has 1 aliphatic heterocycles. The van der Waals surface area contributed by atoms with Crippen molar-refractivity contribution in [2.24, 2.45) is 0 Å². The van der Waals surface area contributed by atoms with E-state index in [0.29, 0.717) is 0 Å². The number of ether oxygens (including phenoxy) is 2. The number of hydrogen-bond donors (Lipinski definition) is 2. The predicted octanol–water partition coefficient (Wildman–Crippen LogP) is 1.23. The summed E-state index contributed by atoms with van der Waals surface area (Å²) >= 11 is 0. The van der Waals surface area contributed by atoms with Crippen molar-refractivity contribution >= 4 is 0 Å². The van der Waals surface area contributed by atoms with Crippen LogP contribution in [-0.4, -0.2) is 45.9 Å². The average Bonchev–Trinajstić information content (AvgIpc) is 2.71. The number of para-hydroxylation sites is 2. The molecule has 2 aromatic carbocycles. The molecule has 0 radical (unpaired) electrons. The first-order valence-electron chi connectivity index (χ1n) is 10.4. The van der Waals surface area contributed by atoms with Gasteiger partial charge in [0, 0.05) is 5.56 Å². The molecule has 0 atom stereocenters. The van der Waals surface area contributed by atoms with Gasteiger partial charge in [0.15, 0.2) is 11.5 Å². The van der Waals surface area contributed by atoms with Gasteiger partial charge in [-0.3, -0.25) is 0 Å². The van der Waals surface area contributed by atoms with Gasteiger partial charge in [0.05, 0.1) is 6.61 Å². The lowest BCUT2D eigenvalue weighted by Crippen LogP contribution is -3.27. The van der Waals surface area contributed by atoms with Gasteiger partial charge < -0.3 is 19.3 Å². The van der Waals surface area contributed by atoms with Crippen LogP contribution in [0.2, 0.25) is 0 Å². The summed E-state index contributed by atoms with van der Waals surface area (Å²) in [6.07, 6.45) is 2.22. The van der Waals surface area contributed by atoms with E-state index in [9.17, 15) is 0 Å². The highest BCUT2D eigenvalue weighted by Crippen LogP contribution is 2.26. The lowest BCUT2D eigenvalue weighted by Gasteiger charge is -2.29. The molecule has 0 unspecified atom stereocenters. The van der Waals surface area contributed by atoms with Crippen LogP contribution in [0.5, 0.6) is 11.5 Å². The molecule has 1 saturated heterocycles. The summed E-state index contributed by atoms with van der Waals surface area (Å²) in [6, 6.07) is 18.9. The van der Waals surface area contributed by atoms with Gasteiger partial charge in [-0.05, 0) is 18.6 Å². The number of unbranched alkanes of at least 4 members (excludes halogenated alkanes) is 1.